The lowest BCUT2D eigenvalue weighted by molar-refractivity contribution is -0.122. The summed E-state index contributed by atoms with van der Waals surface area (Å²) in [5, 5.41) is 3.15. The van der Waals surface area contributed by atoms with E-state index in [1.165, 1.54) is 5.56 Å². The molecule has 100 valence electrons. The highest BCUT2D eigenvalue weighted by Gasteiger charge is 2.17. The van der Waals surface area contributed by atoms with E-state index in [1.807, 2.05) is 18.2 Å². The molecule has 0 spiro atoms. The first-order chi connectivity index (χ1) is 8.50. The molecule has 1 amide bonds. The minimum atomic E-state index is 0.117. The monoisotopic (exact) mass is 247 g/mol. The molecule has 1 rings (SSSR count). The maximum atomic E-state index is 11.9. The highest BCUT2D eigenvalue weighted by molar-refractivity contribution is 5.76. The van der Waals surface area contributed by atoms with E-state index >= 15 is 0 Å². The summed E-state index contributed by atoms with van der Waals surface area (Å²) in [5.41, 5.74) is 1.19. The van der Waals surface area contributed by atoms with Gasteiger partial charge in [-0.15, -0.1) is 0 Å². The van der Waals surface area contributed by atoms with Gasteiger partial charge in [-0.3, -0.25) is 4.79 Å². The summed E-state index contributed by atoms with van der Waals surface area (Å²) in [6.07, 6.45) is 1.57. The topological polar surface area (TPSA) is 29.1 Å². The summed E-state index contributed by atoms with van der Waals surface area (Å²) in [6.45, 7) is 8.57. The van der Waals surface area contributed by atoms with Gasteiger partial charge in [0.2, 0.25) is 5.91 Å². The Kier molecular flexibility index (Phi) is 5.90. The van der Waals surface area contributed by atoms with E-state index in [9.17, 15) is 4.79 Å². The SMILES string of the molecule is CC(C)CCC(=O)NC(c1ccccc1)C(C)C. The second-order valence-electron chi connectivity index (χ2n) is 5.63. The van der Waals surface area contributed by atoms with Crippen LogP contribution in [0.4, 0.5) is 0 Å². The highest BCUT2D eigenvalue weighted by atomic mass is 16.1. The van der Waals surface area contributed by atoms with Crippen LogP contribution in [0.5, 0.6) is 0 Å². The number of carbonyl (C=O) groups excluding carboxylic acids is 1. The van der Waals surface area contributed by atoms with Crippen molar-refractivity contribution in [1.82, 2.24) is 5.32 Å². The van der Waals surface area contributed by atoms with Crippen LogP contribution in [0.1, 0.15) is 52.1 Å². The summed E-state index contributed by atoms with van der Waals surface area (Å²) >= 11 is 0. The third kappa shape index (κ3) is 4.91. The van der Waals surface area contributed by atoms with Crippen molar-refractivity contribution in [2.24, 2.45) is 11.8 Å². The Morgan fingerprint density at radius 3 is 2.22 bits per heavy atom. The maximum absolute atomic E-state index is 11.9. The second kappa shape index (κ2) is 7.20. The number of amides is 1. The van der Waals surface area contributed by atoms with Gasteiger partial charge in [-0.2, -0.15) is 0 Å². The Hall–Kier alpha value is -1.31. The van der Waals surface area contributed by atoms with Gasteiger partial charge in [0.15, 0.2) is 0 Å². The molecule has 1 atom stereocenters. The number of carbonyl (C=O) groups is 1. The molecule has 18 heavy (non-hydrogen) atoms. The van der Waals surface area contributed by atoms with Crippen LogP contribution >= 0.6 is 0 Å². The van der Waals surface area contributed by atoms with Crippen LogP contribution < -0.4 is 5.32 Å². The van der Waals surface area contributed by atoms with Gasteiger partial charge in [0.25, 0.3) is 0 Å². The number of hydrogen-bond donors (Lipinski definition) is 1. The van der Waals surface area contributed by atoms with Crippen LogP contribution in [0.25, 0.3) is 0 Å². The van der Waals surface area contributed by atoms with E-state index in [-0.39, 0.29) is 11.9 Å². The smallest absolute Gasteiger partial charge is 0.220 e. The Morgan fingerprint density at radius 2 is 1.72 bits per heavy atom. The molecule has 0 aliphatic carbocycles. The van der Waals surface area contributed by atoms with Crippen molar-refractivity contribution in [2.75, 3.05) is 0 Å². The molecule has 1 unspecified atom stereocenters. The molecule has 1 aromatic carbocycles. The molecule has 2 nitrogen and oxygen atoms in total. The molecule has 1 N–H and O–H groups in total. The van der Waals surface area contributed by atoms with Crippen LogP contribution in [0.2, 0.25) is 0 Å². The zero-order valence-electron chi connectivity index (χ0n) is 11.9. The third-order valence-electron chi connectivity index (χ3n) is 3.09. The highest BCUT2D eigenvalue weighted by Crippen LogP contribution is 2.21. The standard InChI is InChI=1S/C16H25NO/c1-12(2)10-11-15(18)17-16(13(3)4)14-8-6-5-7-9-14/h5-9,12-13,16H,10-11H2,1-4H3,(H,17,18). The molecule has 0 heterocycles. The van der Waals surface area contributed by atoms with E-state index in [0.29, 0.717) is 18.3 Å². The Bertz CT molecular complexity index is 357. The fourth-order valence-corrected chi connectivity index (χ4v) is 1.96. The Labute approximate surface area is 111 Å². The molecular weight excluding hydrogens is 222 g/mol. The minimum absolute atomic E-state index is 0.117. The van der Waals surface area contributed by atoms with Crippen molar-refractivity contribution in [3.05, 3.63) is 35.9 Å². The molecule has 0 aromatic heterocycles. The lowest BCUT2D eigenvalue weighted by Gasteiger charge is -2.23. The van der Waals surface area contributed by atoms with Gasteiger partial charge in [0, 0.05) is 6.42 Å². The van der Waals surface area contributed by atoms with Crippen LogP contribution in [0.3, 0.4) is 0 Å². The predicted octanol–water partition coefficient (Wildman–Crippen LogP) is 3.94. The fourth-order valence-electron chi connectivity index (χ4n) is 1.96. The quantitative estimate of drug-likeness (QED) is 0.810. The summed E-state index contributed by atoms with van der Waals surface area (Å²) in [7, 11) is 0. The van der Waals surface area contributed by atoms with Gasteiger partial charge in [-0.05, 0) is 23.8 Å². The van der Waals surface area contributed by atoms with Gasteiger partial charge in [-0.1, -0.05) is 58.0 Å². The maximum Gasteiger partial charge on any atom is 0.220 e. The van der Waals surface area contributed by atoms with E-state index in [0.717, 1.165) is 6.42 Å². The van der Waals surface area contributed by atoms with Crippen LogP contribution in [0, 0.1) is 11.8 Å². The summed E-state index contributed by atoms with van der Waals surface area (Å²) < 4.78 is 0. The van der Waals surface area contributed by atoms with E-state index in [1.54, 1.807) is 0 Å². The molecule has 0 saturated carbocycles. The third-order valence-corrected chi connectivity index (χ3v) is 3.09. The largest absolute Gasteiger partial charge is 0.349 e. The molecule has 0 radical (unpaired) electrons. The van der Waals surface area contributed by atoms with Crippen molar-refractivity contribution >= 4 is 5.91 Å². The zero-order chi connectivity index (χ0) is 13.5. The second-order valence-corrected chi connectivity index (χ2v) is 5.63. The number of rotatable bonds is 6. The molecule has 0 saturated heterocycles. The van der Waals surface area contributed by atoms with Gasteiger partial charge in [0.1, 0.15) is 0 Å². The van der Waals surface area contributed by atoms with Gasteiger partial charge < -0.3 is 5.32 Å². The average Bonchev–Trinajstić information content (AvgIpc) is 2.34. The fraction of sp³-hybridized carbons (Fsp3) is 0.562. The summed E-state index contributed by atoms with van der Waals surface area (Å²) in [6, 6.07) is 10.3. The summed E-state index contributed by atoms with van der Waals surface area (Å²) in [5.74, 6) is 1.13. The van der Waals surface area contributed by atoms with E-state index < -0.39 is 0 Å². The molecule has 1 aromatic rings. The normalized spacial score (nSPS) is 12.8. The number of nitrogens with one attached hydrogen (secondary N) is 1. The molecule has 0 aliphatic heterocycles. The predicted molar refractivity (Wildman–Crippen MR) is 76.2 cm³/mol. The first-order valence-electron chi connectivity index (χ1n) is 6.85. The van der Waals surface area contributed by atoms with Gasteiger partial charge in [0.05, 0.1) is 6.04 Å². The Morgan fingerprint density at radius 1 is 1.11 bits per heavy atom. The molecular formula is C16H25NO. The van der Waals surface area contributed by atoms with E-state index in [2.05, 4.69) is 45.1 Å². The number of hydrogen-bond acceptors (Lipinski definition) is 1. The van der Waals surface area contributed by atoms with Crippen molar-refractivity contribution < 1.29 is 4.79 Å². The molecule has 0 aliphatic rings. The van der Waals surface area contributed by atoms with Crippen molar-refractivity contribution in [1.29, 1.82) is 0 Å². The number of benzene rings is 1. The summed E-state index contributed by atoms with van der Waals surface area (Å²) in [4.78, 5) is 11.9. The molecule has 0 fully saturated rings. The van der Waals surface area contributed by atoms with Crippen LogP contribution in [0.15, 0.2) is 30.3 Å². The van der Waals surface area contributed by atoms with Gasteiger partial charge >= 0.3 is 0 Å². The first-order valence-corrected chi connectivity index (χ1v) is 6.85. The van der Waals surface area contributed by atoms with E-state index in [4.69, 9.17) is 0 Å². The first kappa shape index (κ1) is 14.7. The van der Waals surface area contributed by atoms with Crippen molar-refractivity contribution in [3.8, 4) is 0 Å². The molecule has 2 heteroatoms. The lowest BCUT2D eigenvalue weighted by atomic mass is 9.95. The molecule has 0 bridgehead atoms. The average molecular weight is 247 g/mol. The van der Waals surface area contributed by atoms with Crippen molar-refractivity contribution in [3.63, 3.8) is 0 Å². The van der Waals surface area contributed by atoms with Crippen LogP contribution in [-0.4, -0.2) is 5.91 Å². The lowest BCUT2D eigenvalue weighted by Crippen LogP contribution is -2.31. The van der Waals surface area contributed by atoms with Gasteiger partial charge in [-0.25, -0.2) is 0 Å². The van der Waals surface area contributed by atoms with Crippen LogP contribution in [-0.2, 0) is 4.79 Å². The zero-order valence-corrected chi connectivity index (χ0v) is 11.9. The minimum Gasteiger partial charge on any atom is -0.349 e. The van der Waals surface area contributed by atoms with Crippen molar-refractivity contribution in [2.45, 2.75) is 46.6 Å². The Balaban J connectivity index is 2.62.